The summed E-state index contributed by atoms with van der Waals surface area (Å²) >= 11 is 0. The van der Waals surface area contributed by atoms with Crippen LogP contribution in [0.5, 0.6) is 0 Å². The first kappa shape index (κ1) is 14.3. The maximum Gasteiger partial charge on any atom is 0.191 e. The quantitative estimate of drug-likeness (QED) is 0.513. The molecule has 1 aromatic rings. The molecule has 1 aliphatic carbocycles. The third-order valence-electron chi connectivity index (χ3n) is 3.04. The number of aromatic nitrogens is 1. The van der Waals surface area contributed by atoms with Gasteiger partial charge in [-0.15, -0.1) is 24.0 Å². The summed E-state index contributed by atoms with van der Waals surface area (Å²) in [5.41, 5.74) is 7.83. The summed E-state index contributed by atoms with van der Waals surface area (Å²) in [6.07, 6.45) is 2.44. The molecule has 1 heterocycles. The summed E-state index contributed by atoms with van der Waals surface area (Å²) in [7, 11) is 1.99. The molecular formula is C11H19IN4O. The van der Waals surface area contributed by atoms with Crippen molar-refractivity contribution in [3.8, 4) is 0 Å². The first-order chi connectivity index (χ1) is 7.59. The normalized spacial score (nSPS) is 15.6. The second kappa shape index (κ2) is 5.70. The molecule has 0 spiro atoms. The average Bonchev–Trinajstić information content (AvgIpc) is 3.04. The van der Waals surface area contributed by atoms with Crippen LogP contribution in [-0.2, 0) is 6.54 Å². The Hall–Kier alpha value is -0.790. The molecule has 17 heavy (non-hydrogen) atoms. The zero-order chi connectivity index (χ0) is 11.7. The van der Waals surface area contributed by atoms with Gasteiger partial charge in [0.25, 0.3) is 0 Å². The molecule has 2 N–H and O–H groups in total. The molecule has 0 aromatic carbocycles. The maximum atomic E-state index is 5.90. The fraction of sp³-hybridized carbons (Fsp3) is 0.636. The van der Waals surface area contributed by atoms with E-state index in [2.05, 4.69) is 10.1 Å². The largest absolute Gasteiger partial charge is 0.370 e. The fourth-order valence-electron chi connectivity index (χ4n) is 1.65. The molecule has 1 fully saturated rings. The topological polar surface area (TPSA) is 67.6 Å². The van der Waals surface area contributed by atoms with E-state index in [0.29, 0.717) is 18.5 Å². The van der Waals surface area contributed by atoms with Crippen LogP contribution >= 0.6 is 24.0 Å². The number of halogens is 1. The highest BCUT2D eigenvalue weighted by atomic mass is 127. The summed E-state index contributed by atoms with van der Waals surface area (Å²) in [6, 6.07) is 0.591. The molecule has 1 aliphatic rings. The lowest BCUT2D eigenvalue weighted by atomic mass is 10.2. The van der Waals surface area contributed by atoms with E-state index in [9.17, 15) is 0 Å². The van der Waals surface area contributed by atoms with Crippen LogP contribution in [0.15, 0.2) is 9.52 Å². The van der Waals surface area contributed by atoms with Crippen molar-refractivity contribution >= 4 is 29.9 Å². The van der Waals surface area contributed by atoms with Gasteiger partial charge in [0, 0.05) is 18.7 Å². The number of rotatable bonds is 3. The number of aryl methyl sites for hydroxylation is 2. The van der Waals surface area contributed by atoms with E-state index in [0.717, 1.165) is 17.0 Å². The fourth-order valence-corrected chi connectivity index (χ4v) is 1.65. The molecule has 0 amide bonds. The van der Waals surface area contributed by atoms with Gasteiger partial charge in [0.05, 0.1) is 12.2 Å². The van der Waals surface area contributed by atoms with Gasteiger partial charge in [0.1, 0.15) is 5.76 Å². The lowest BCUT2D eigenvalue weighted by Crippen LogP contribution is -2.35. The zero-order valence-electron chi connectivity index (χ0n) is 10.4. The van der Waals surface area contributed by atoms with Crippen molar-refractivity contribution in [2.45, 2.75) is 39.3 Å². The summed E-state index contributed by atoms with van der Waals surface area (Å²) in [6.45, 7) is 4.36. The Labute approximate surface area is 118 Å². The molecule has 0 aliphatic heterocycles. The average molecular weight is 350 g/mol. The van der Waals surface area contributed by atoms with Gasteiger partial charge < -0.3 is 15.2 Å². The van der Waals surface area contributed by atoms with Gasteiger partial charge in [-0.2, -0.15) is 0 Å². The van der Waals surface area contributed by atoms with Gasteiger partial charge in [-0.3, -0.25) is 0 Å². The maximum absolute atomic E-state index is 5.90. The predicted octanol–water partition coefficient (Wildman–Crippen LogP) is 1.82. The predicted molar refractivity (Wildman–Crippen MR) is 77.5 cm³/mol. The van der Waals surface area contributed by atoms with Gasteiger partial charge >= 0.3 is 0 Å². The van der Waals surface area contributed by atoms with Crippen LogP contribution < -0.4 is 5.73 Å². The van der Waals surface area contributed by atoms with E-state index < -0.39 is 0 Å². The van der Waals surface area contributed by atoms with E-state index in [4.69, 9.17) is 10.3 Å². The van der Waals surface area contributed by atoms with E-state index in [1.165, 1.54) is 12.8 Å². The van der Waals surface area contributed by atoms with Crippen LogP contribution in [0.4, 0.5) is 0 Å². The third-order valence-corrected chi connectivity index (χ3v) is 3.04. The lowest BCUT2D eigenvalue weighted by molar-refractivity contribution is 0.392. The van der Waals surface area contributed by atoms with Crippen molar-refractivity contribution in [2.24, 2.45) is 10.7 Å². The summed E-state index contributed by atoms with van der Waals surface area (Å²) in [4.78, 5) is 6.41. The molecule has 0 atom stereocenters. The number of nitrogens with zero attached hydrogens (tertiary/aromatic N) is 3. The van der Waals surface area contributed by atoms with Crippen molar-refractivity contribution in [3.05, 3.63) is 17.0 Å². The summed E-state index contributed by atoms with van der Waals surface area (Å²) in [5, 5.41) is 3.89. The summed E-state index contributed by atoms with van der Waals surface area (Å²) in [5.74, 6) is 1.42. The van der Waals surface area contributed by atoms with Crippen LogP contribution in [-0.4, -0.2) is 29.1 Å². The minimum atomic E-state index is 0. The van der Waals surface area contributed by atoms with Crippen LogP contribution in [0, 0.1) is 13.8 Å². The smallest absolute Gasteiger partial charge is 0.191 e. The van der Waals surface area contributed by atoms with E-state index >= 15 is 0 Å². The number of hydrogen-bond donors (Lipinski definition) is 1. The molecular weight excluding hydrogens is 331 g/mol. The molecule has 96 valence electrons. The second-order valence-electron chi connectivity index (χ2n) is 4.32. The Morgan fingerprint density at radius 1 is 1.53 bits per heavy atom. The van der Waals surface area contributed by atoms with Crippen LogP contribution in [0.25, 0.3) is 0 Å². The highest BCUT2D eigenvalue weighted by molar-refractivity contribution is 14.0. The van der Waals surface area contributed by atoms with Crippen LogP contribution in [0.1, 0.15) is 29.9 Å². The minimum absolute atomic E-state index is 0. The van der Waals surface area contributed by atoms with E-state index in [1.807, 2.05) is 25.8 Å². The first-order valence-electron chi connectivity index (χ1n) is 5.54. The van der Waals surface area contributed by atoms with Gasteiger partial charge in [0.2, 0.25) is 0 Å². The molecule has 0 bridgehead atoms. The first-order valence-corrected chi connectivity index (χ1v) is 5.54. The monoisotopic (exact) mass is 350 g/mol. The number of guanidine groups is 1. The Bertz CT molecular complexity index is 392. The molecule has 5 nitrogen and oxygen atoms in total. The van der Waals surface area contributed by atoms with Gasteiger partial charge in [-0.25, -0.2) is 4.99 Å². The molecule has 0 saturated heterocycles. The number of aliphatic imine (C=N–C) groups is 1. The highest BCUT2D eigenvalue weighted by Gasteiger charge is 2.27. The third kappa shape index (κ3) is 3.34. The van der Waals surface area contributed by atoms with Crippen LogP contribution in [0.3, 0.4) is 0 Å². The molecule has 0 radical (unpaired) electrons. The number of nitrogens with two attached hydrogens (primary N) is 1. The molecule has 1 saturated carbocycles. The number of hydrogen-bond acceptors (Lipinski definition) is 3. The van der Waals surface area contributed by atoms with Gasteiger partial charge in [-0.1, -0.05) is 5.16 Å². The SMILES string of the molecule is Cc1noc(C)c1CN=C(N)N(C)C1CC1.I. The molecule has 6 heteroatoms. The van der Waals surface area contributed by atoms with Gasteiger partial charge in [0.15, 0.2) is 5.96 Å². The molecule has 1 aromatic heterocycles. The Morgan fingerprint density at radius 2 is 2.18 bits per heavy atom. The zero-order valence-corrected chi connectivity index (χ0v) is 12.8. The highest BCUT2D eigenvalue weighted by Crippen LogP contribution is 2.25. The van der Waals surface area contributed by atoms with Crippen molar-refractivity contribution in [1.29, 1.82) is 0 Å². The standard InChI is InChI=1S/C11H18N4O.HI/c1-7-10(8(2)16-14-7)6-13-11(12)15(3)9-4-5-9;/h9H,4-6H2,1-3H3,(H2,12,13);1H. The minimum Gasteiger partial charge on any atom is -0.370 e. The van der Waals surface area contributed by atoms with E-state index in [-0.39, 0.29) is 24.0 Å². The van der Waals surface area contributed by atoms with Crippen molar-refractivity contribution in [3.63, 3.8) is 0 Å². The Kier molecular flexibility index (Phi) is 4.79. The van der Waals surface area contributed by atoms with E-state index in [1.54, 1.807) is 0 Å². The Balaban J connectivity index is 0.00000144. The van der Waals surface area contributed by atoms with Crippen LogP contribution in [0.2, 0.25) is 0 Å². The second-order valence-corrected chi connectivity index (χ2v) is 4.32. The lowest BCUT2D eigenvalue weighted by Gasteiger charge is -2.16. The Morgan fingerprint density at radius 3 is 2.65 bits per heavy atom. The van der Waals surface area contributed by atoms with Crippen molar-refractivity contribution in [2.75, 3.05) is 7.05 Å². The van der Waals surface area contributed by atoms with Gasteiger partial charge in [-0.05, 0) is 26.7 Å². The summed E-state index contributed by atoms with van der Waals surface area (Å²) < 4.78 is 5.07. The molecule has 2 rings (SSSR count). The van der Waals surface area contributed by atoms with Crippen molar-refractivity contribution < 1.29 is 4.52 Å². The molecule has 0 unspecified atom stereocenters. The van der Waals surface area contributed by atoms with Crippen molar-refractivity contribution in [1.82, 2.24) is 10.1 Å².